The largest absolute Gasteiger partial charge is 0.309 e. The van der Waals surface area contributed by atoms with Crippen LogP contribution in [0.2, 0.25) is 0 Å². The lowest BCUT2D eigenvalue weighted by molar-refractivity contribution is -0.116. The summed E-state index contributed by atoms with van der Waals surface area (Å²) in [5.74, 6) is 0.629. The molecule has 0 bridgehead atoms. The number of rotatable bonds is 6. The second kappa shape index (κ2) is 8.34. The monoisotopic (exact) mass is 371 g/mol. The van der Waals surface area contributed by atoms with Gasteiger partial charge in [0.05, 0.1) is 17.1 Å². The van der Waals surface area contributed by atoms with Crippen LogP contribution in [0.15, 0.2) is 54.6 Å². The molecule has 0 spiro atoms. The number of anilines is 1. The number of aryl methyl sites for hydroxylation is 4. The minimum absolute atomic E-state index is 0.00772. The summed E-state index contributed by atoms with van der Waals surface area (Å²) >= 11 is 0. The van der Waals surface area contributed by atoms with E-state index < -0.39 is 0 Å². The zero-order valence-corrected chi connectivity index (χ0v) is 16.2. The number of carbonyl (C=O) groups is 1. The van der Waals surface area contributed by atoms with E-state index in [-0.39, 0.29) is 5.91 Å². The number of hydrogen-bond donors (Lipinski definition) is 1. The summed E-state index contributed by atoms with van der Waals surface area (Å²) in [5.41, 5.74) is 6.51. The van der Waals surface area contributed by atoms with E-state index in [1.165, 1.54) is 16.7 Å². The minimum atomic E-state index is -0.00772. The topological polar surface area (TPSA) is 54.9 Å². The van der Waals surface area contributed by atoms with Gasteiger partial charge in [-0.15, -0.1) is 0 Å². The molecule has 142 valence electrons. The van der Waals surface area contributed by atoms with Crippen molar-refractivity contribution in [1.82, 2.24) is 9.97 Å². The van der Waals surface area contributed by atoms with Gasteiger partial charge in [0.25, 0.3) is 0 Å². The summed E-state index contributed by atoms with van der Waals surface area (Å²) in [6.07, 6.45) is 4.75. The fourth-order valence-electron chi connectivity index (χ4n) is 3.73. The van der Waals surface area contributed by atoms with E-state index >= 15 is 0 Å². The van der Waals surface area contributed by atoms with Gasteiger partial charge in [-0.1, -0.05) is 67.9 Å². The van der Waals surface area contributed by atoms with E-state index in [0.29, 0.717) is 12.2 Å². The highest BCUT2D eigenvalue weighted by Crippen LogP contribution is 2.32. The molecule has 3 aromatic rings. The third kappa shape index (κ3) is 3.96. The van der Waals surface area contributed by atoms with Crippen LogP contribution in [-0.4, -0.2) is 15.9 Å². The SMILES string of the molecule is CCCc1nc2c(nc1NC(=O)CCc1ccccc1)CCc1ccccc1-2. The highest BCUT2D eigenvalue weighted by molar-refractivity contribution is 5.90. The van der Waals surface area contributed by atoms with Crippen LogP contribution >= 0.6 is 0 Å². The Morgan fingerprint density at radius 3 is 2.57 bits per heavy atom. The molecule has 1 aromatic heterocycles. The normalized spacial score (nSPS) is 12.2. The molecule has 4 rings (SSSR count). The molecule has 0 unspecified atom stereocenters. The van der Waals surface area contributed by atoms with Gasteiger partial charge in [0.15, 0.2) is 5.82 Å². The van der Waals surface area contributed by atoms with Crippen molar-refractivity contribution < 1.29 is 4.79 Å². The summed E-state index contributed by atoms with van der Waals surface area (Å²) in [5, 5.41) is 3.03. The van der Waals surface area contributed by atoms with Gasteiger partial charge in [0.2, 0.25) is 5.91 Å². The highest BCUT2D eigenvalue weighted by atomic mass is 16.1. The molecule has 1 aliphatic carbocycles. The van der Waals surface area contributed by atoms with Crippen LogP contribution in [0.3, 0.4) is 0 Å². The zero-order valence-electron chi connectivity index (χ0n) is 16.2. The summed E-state index contributed by atoms with van der Waals surface area (Å²) in [7, 11) is 0. The van der Waals surface area contributed by atoms with E-state index in [1.807, 2.05) is 36.4 Å². The fourth-order valence-corrected chi connectivity index (χ4v) is 3.73. The molecular formula is C24H25N3O. The van der Waals surface area contributed by atoms with E-state index in [9.17, 15) is 4.79 Å². The molecule has 1 amide bonds. The van der Waals surface area contributed by atoms with Gasteiger partial charge in [-0.25, -0.2) is 9.97 Å². The summed E-state index contributed by atoms with van der Waals surface area (Å²) in [4.78, 5) is 22.3. The van der Waals surface area contributed by atoms with Crippen LogP contribution in [0.5, 0.6) is 0 Å². The first-order valence-corrected chi connectivity index (χ1v) is 10.1. The molecule has 28 heavy (non-hydrogen) atoms. The molecule has 1 aliphatic rings. The first-order valence-electron chi connectivity index (χ1n) is 10.1. The van der Waals surface area contributed by atoms with Crippen molar-refractivity contribution >= 4 is 11.7 Å². The van der Waals surface area contributed by atoms with Gasteiger partial charge in [-0.05, 0) is 36.8 Å². The molecule has 0 radical (unpaired) electrons. The van der Waals surface area contributed by atoms with Crippen molar-refractivity contribution in [1.29, 1.82) is 0 Å². The Balaban J connectivity index is 1.56. The number of amides is 1. The molecule has 4 heteroatoms. The van der Waals surface area contributed by atoms with E-state index in [0.717, 1.165) is 49.2 Å². The Labute approximate surface area is 166 Å². The lowest BCUT2D eigenvalue weighted by Gasteiger charge is -2.20. The molecular weight excluding hydrogens is 346 g/mol. The average molecular weight is 371 g/mol. The third-order valence-corrected chi connectivity index (χ3v) is 5.17. The number of nitrogens with one attached hydrogen (secondary N) is 1. The van der Waals surface area contributed by atoms with E-state index in [1.54, 1.807) is 0 Å². The van der Waals surface area contributed by atoms with Crippen molar-refractivity contribution in [2.75, 3.05) is 5.32 Å². The van der Waals surface area contributed by atoms with Gasteiger partial charge in [0.1, 0.15) is 0 Å². The van der Waals surface area contributed by atoms with Gasteiger partial charge < -0.3 is 5.32 Å². The Bertz CT molecular complexity index is 982. The van der Waals surface area contributed by atoms with Crippen LogP contribution in [0.25, 0.3) is 11.3 Å². The molecule has 2 aromatic carbocycles. The maximum Gasteiger partial charge on any atom is 0.225 e. The summed E-state index contributed by atoms with van der Waals surface area (Å²) < 4.78 is 0. The predicted molar refractivity (Wildman–Crippen MR) is 112 cm³/mol. The summed E-state index contributed by atoms with van der Waals surface area (Å²) in [6, 6.07) is 18.5. The minimum Gasteiger partial charge on any atom is -0.309 e. The fraction of sp³-hybridized carbons (Fsp3) is 0.292. The molecule has 0 saturated carbocycles. The third-order valence-electron chi connectivity index (χ3n) is 5.17. The first-order chi connectivity index (χ1) is 13.7. The van der Waals surface area contributed by atoms with Crippen LogP contribution < -0.4 is 5.32 Å². The lowest BCUT2D eigenvalue weighted by Crippen LogP contribution is -2.18. The zero-order chi connectivity index (χ0) is 19.3. The molecule has 0 fully saturated rings. The van der Waals surface area contributed by atoms with Gasteiger partial charge in [-0.3, -0.25) is 4.79 Å². The lowest BCUT2D eigenvalue weighted by atomic mass is 9.91. The number of fused-ring (bicyclic) bond motifs is 3. The van der Waals surface area contributed by atoms with Crippen LogP contribution in [0, 0.1) is 0 Å². The number of nitrogens with zero attached hydrogens (tertiary/aromatic N) is 2. The van der Waals surface area contributed by atoms with Gasteiger partial charge >= 0.3 is 0 Å². The predicted octanol–water partition coefficient (Wildman–Crippen LogP) is 4.77. The molecule has 0 atom stereocenters. The first kappa shape index (κ1) is 18.4. The molecule has 4 nitrogen and oxygen atoms in total. The Hall–Kier alpha value is -3.01. The van der Waals surface area contributed by atoms with Crippen LogP contribution in [0.4, 0.5) is 5.82 Å². The smallest absolute Gasteiger partial charge is 0.225 e. The average Bonchev–Trinajstić information content (AvgIpc) is 2.73. The van der Waals surface area contributed by atoms with E-state index in [4.69, 9.17) is 9.97 Å². The quantitative estimate of drug-likeness (QED) is 0.679. The van der Waals surface area contributed by atoms with Crippen LogP contribution in [-0.2, 0) is 30.5 Å². The van der Waals surface area contributed by atoms with Crippen molar-refractivity contribution in [2.24, 2.45) is 0 Å². The Kier molecular flexibility index (Phi) is 5.47. The number of hydrogen-bond acceptors (Lipinski definition) is 3. The molecule has 0 saturated heterocycles. The standard InChI is InChI=1S/C24H25N3O/c1-2-8-21-24(27-22(28)16-13-17-9-4-3-5-10-17)26-20-15-14-18-11-6-7-12-19(18)23(20)25-21/h3-7,9-12H,2,8,13-16H2,1H3,(H,26,27,28). The molecule has 1 N–H and O–H groups in total. The molecule has 1 heterocycles. The second-order valence-electron chi connectivity index (χ2n) is 7.26. The number of carbonyl (C=O) groups excluding carboxylic acids is 1. The Morgan fingerprint density at radius 1 is 0.964 bits per heavy atom. The highest BCUT2D eigenvalue weighted by Gasteiger charge is 2.21. The van der Waals surface area contributed by atoms with Crippen molar-refractivity contribution in [2.45, 2.75) is 45.4 Å². The second-order valence-corrected chi connectivity index (χ2v) is 7.26. The Morgan fingerprint density at radius 2 is 1.75 bits per heavy atom. The van der Waals surface area contributed by atoms with Crippen molar-refractivity contribution in [3.63, 3.8) is 0 Å². The van der Waals surface area contributed by atoms with Gasteiger partial charge in [-0.2, -0.15) is 0 Å². The van der Waals surface area contributed by atoms with Gasteiger partial charge in [0, 0.05) is 12.0 Å². The van der Waals surface area contributed by atoms with Crippen molar-refractivity contribution in [3.05, 3.63) is 77.1 Å². The van der Waals surface area contributed by atoms with Crippen molar-refractivity contribution in [3.8, 4) is 11.3 Å². The maximum atomic E-state index is 12.5. The van der Waals surface area contributed by atoms with Crippen LogP contribution in [0.1, 0.15) is 42.3 Å². The number of aromatic nitrogens is 2. The molecule has 0 aliphatic heterocycles. The summed E-state index contributed by atoms with van der Waals surface area (Å²) in [6.45, 7) is 2.12. The maximum absolute atomic E-state index is 12.5. The van der Waals surface area contributed by atoms with E-state index in [2.05, 4.69) is 30.4 Å². The number of benzene rings is 2.